The molecule has 0 aromatic heterocycles. The van der Waals surface area contributed by atoms with Gasteiger partial charge in [-0.05, 0) is 18.2 Å². The first-order valence-electron chi connectivity index (χ1n) is 5.92. The van der Waals surface area contributed by atoms with Crippen LogP contribution in [0.3, 0.4) is 0 Å². The normalized spacial score (nSPS) is 22.5. The van der Waals surface area contributed by atoms with Gasteiger partial charge in [-0.25, -0.2) is 0 Å². The molecule has 0 radical (unpaired) electrons. The lowest BCUT2D eigenvalue weighted by atomic mass is 10.0. The molecule has 1 unspecified atom stereocenters. The van der Waals surface area contributed by atoms with E-state index in [9.17, 15) is 4.79 Å². The van der Waals surface area contributed by atoms with E-state index in [4.69, 9.17) is 21.1 Å². The summed E-state index contributed by atoms with van der Waals surface area (Å²) in [6.45, 7) is 1.59. The number of ether oxygens (including phenoxy) is 2. The Labute approximate surface area is 125 Å². The van der Waals surface area contributed by atoms with Crippen LogP contribution in [-0.4, -0.2) is 38.4 Å². The highest BCUT2D eigenvalue weighted by Gasteiger charge is 2.35. The van der Waals surface area contributed by atoms with E-state index < -0.39 is 5.60 Å². The lowest BCUT2D eigenvalue weighted by Crippen LogP contribution is -2.45. The highest BCUT2D eigenvalue weighted by Crippen LogP contribution is 2.22. The van der Waals surface area contributed by atoms with Crippen LogP contribution in [0.2, 0.25) is 5.02 Å². The van der Waals surface area contributed by atoms with Crippen molar-refractivity contribution in [3.63, 3.8) is 0 Å². The molecule has 19 heavy (non-hydrogen) atoms. The highest BCUT2D eigenvalue weighted by molar-refractivity contribution is 9.10. The Balaban J connectivity index is 2.01. The van der Waals surface area contributed by atoms with Gasteiger partial charge >= 0.3 is 0 Å². The molecule has 1 N–H and O–H groups in total. The topological polar surface area (TPSA) is 47.6 Å². The molecule has 4 nitrogen and oxygen atoms in total. The number of carbonyl (C=O) groups excluding carboxylic acids is 1. The molecule has 1 aromatic rings. The van der Waals surface area contributed by atoms with Gasteiger partial charge in [-0.2, -0.15) is 0 Å². The molecule has 0 saturated carbocycles. The summed E-state index contributed by atoms with van der Waals surface area (Å²) in [7, 11) is 1.64. The van der Waals surface area contributed by atoms with Gasteiger partial charge in [-0.15, -0.1) is 0 Å². The van der Waals surface area contributed by atoms with E-state index in [0.29, 0.717) is 30.3 Å². The largest absolute Gasteiger partial charge is 0.378 e. The highest BCUT2D eigenvalue weighted by atomic mass is 79.9. The zero-order valence-electron chi connectivity index (χ0n) is 10.5. The summed E-state index contributed by atoms with van der Waals surface area (Å²) in [6, 6.07) is 5.10. The van der Waals surface area contributed by atoms with Crippen molar-refractivity contribution in [2.24, 2.45) is 0 Å². The van der Waals surface area contributed by atoms with Gasteiger partial charge in [0.25, 0.3) is 5.91 Å². The first kappa shape index (κ1) is 14.8. The van der Waals surface area contributed by atoms with Gasteiger partial charge in [0.15, 0.2) is 0 Å². The Bertz CT molecular complexity index is 455. The molecular weight excluding hydrogens is 334 g/mol. The minimum atomic E-state index is -0.411. The first-order chi connectivity index (χ1) is 9.04. The maximum absolute atomic E-state index is 12.1. The summed E-state index contributed by atoms with van der Waals surface area (Å²) < 4.78 is 11.6. The summed E-state index contributed by atoms with van der Waals surface area (Å²) in [5, 5.41) is 3.38. The number of hydrogen-bond acceptors (Lipinski definition) is 3. The van der Waals surface area contributed by atoms with E-state index in [-0.39, 0.29) is 5.91 Å². The smallest absolute Gasteiger partial charge is 0.251 e. The summed E-state index contributed by atoms with van der Waals surface area (Å²) in [4.78, 5) is 12.1. The molecule has 6 heteroatoms. The summed E-state index contributed by atoms with van der Waals surface area (Å²) in [5.41, 5.74) is 0.107. The van der Waals surface area contributed by atoms with E-state index >= 15 is 0 Å². The van der Waals surface area contributed by atoms with Crippen LogP contribution < -0.4 is 5.32 Å². The van der Waals surface area contributed by atoms with E-state index in [0.717, 1.165) is 10.9 Å². The number of hydrogen-bond donors (Lipinski definition) is 1. The van der Waals surface area contributed by atoms with Crippen LogP contribution >= 0.6 is 27.5 Å². The standard InChI is InChI=1S/C13H15BrClNO3/c1-18-13(2-3-19-8-13)7-16-12(17)9-4-10(14)6-11(15)5-9/h4-6H,2-3,7-8H2,1H3,(H,16,17). The Morgan fingerprint density at radius 3 is 2.95 bits per heavy atom. The fourth-order valence-electron chi connectivity index (χ4n) is 1.99. The van der Waals surface area contributed by atoms with Gasteiger partial charge in [0.1, 0.15) is 5.60 Å². The Morgan fingerprint density at radius 2 is 2.37 bits per heavy atom. The van der Waals surface area contributed by atoms with Crippen LogP contribution in [-0.2, 0) is 9.47 Å². The van der Waals surface area contributed by atoms with Gasteiger partial charge in [0, 0.05) is 41.7 Å². The molecule has 1 amide bonds. The molecule has 1 aliphatic heterocycles. The maximum atomic E-state index is 12.1. The summed E-state index contributed by atoms with van der Waals surface area (Å²) in [6.07, 6.45) is 0.781. The van der Waals surface area contributed by atoms with E-state index in [1.54, 1.807) is 25.3 Å². The van der Waals surface area contributed by atoms with E-state index in [1.165, 1.54) is 0 Å². The van der Waals surface area contributed by atoms with Crippen LogP contribution in [0.15, 0.2) is 22.7 Å². The van der Waals surface area contributed by atoms with E-state index in [2.05, 4.69) is 21.2 Å². The van der Waals surface area contributed by atoms with Crippen LogP contribution in [0, 0.1) is 0 Å². The molecule has 1 aromatic carbocycles. The second kappa shape index (κ2) is 6.22. The molecule has 1 heterocycles. The molecule has 1 fully saturated rings. The van der Waals surface area contributed by atoms with Crippen LogP contribution in [0.4, 0.5) is 0 Å². The summed E-state index contributed by atoms with van der Waals surface area (Å²) in [5.74, 6) is -0.175. The first-order valence-corrected chi connectivity index (χ1v) is 7.09. The van der Waals surface area contributed by atoms with Gasteiger partial charge < -0.3 is 14.8 Å². The van der Waals surface area contributed by atoms with Gasteiger partial charge in [0.2, 0.25) is 0 Å². The predicted molar refractivity (Wildman–Crippen MR) is 76.7 cm³/mol. The molecule has 1 atom stereocenters. The Morgan fingerprint density at radius 1 is 1.58 bits per heavy atom. The van der Waals surface area contributed by atoms with Crippen molar-refractivity contribution >= 4 is 33.4 Å². The maximum Gasteiger partial charge on any atom is 0.251 e. The average Bonchev–Trinajstić information content (AvgIpc) is 2.84. The lowest BCUT2D eigenvalue weighted by molar-refractivity contribution is -0.0148. The predicted octanol–water partition coefficient (Wildman–Crippen LogP) is 2.64. The van der Waals surface area contributed by atoms with Crippen molar-refractivity contribution < 1.29 is 14.3 Å². The molecule has 0 aliphatic carbocycles. The molecule has 0 spiro atoms. The number of methoxy groups -OCH3 is 1. The van der Waals surface area contributed by atoms with Crippen molar-refractivity contribution in [3.05, 3.63) is 33.3 Å². The Kier molecular flexibility index (Phi) is 4.84. The van der Waals surface area contributed by atoms with Crippen LogP contribution in [0.5, 0.6) is 0 Å². The molecule has 1 saturated heterocycles. The van der Waals surface area contributed by atoms with Crippen molar-refractivity contribution in [1.29, 1.82) is 0 Å². The minimum Gasteiger partial charge on any atom is -0.378 e. The monoisotopic (exact) mass is 347 g/mol. The molecule has 0 bridgehead atoms. The second-order valence-electron chi connectivity index (χ2n) is 4.53. The van der Waals surface area contributed by atoms with Gasteiger partial charge in [-0.1, -0.05) is 27.5 Å². The van der Waals surface area contributed by atoms with Gasteiger partial charge in [0.05, 0.1) is 6.61 Å². The molecule has 104 valence electrons. The SMILES string of the molecule is COC1(CNC(=O)c2cc(Cl)cc(Br)c2)CCOC1. The molecule has 1 aliphatic rings. The summed E-state index contributed by atoms with van der Waals surface area (Å²) >= 11 is 9.24. The third kappa shape index (κ3) is 3.69. The number of nitrogens with one attached hydrogen (secondary N) is 1. The van der Waals surface area contributed by atoms with Crippen LogP contribution in [0.25, 0.3) is 0 Å². The fourth-order valence-corrected chi connectivity index (χ4v) is 2.85. The number of halogens is 2. The number of rotatable bonds is 4. The number of benzene rings is 1. The van der Waals surface area contributed by atoms with E-state index in [1.807, 2.05) is 0 Å². The second-order valence-corrected chi connectivity index (χ2v) is 5.88. The lowest BCUT2D eigenvalue weighted by Gasteiger charge is -2.25. The average molecular weight is 349 g/mol. The zero-order valence-corrected chi connectivity index (χ0v) is 12.9. The third-order valence-electron chi connectivity index (χ3n) is 3.20. The zero-order chi connectivity index (χ0) is 13.9. The van der Waals surface area contributed by atoms with Crippen molar-refractivity contribution in [3.8, 4) is 0 Å². The van der Waals surface area contributed by atoms with Crippen LogP contribution in [0.1, 0.15) is 16.8 Å². The minimum absolute atomic E-state index is 0.175. The number of amides is 1. The fraction of sp³-hybridized carbons (Fsp3) is 0.462. The Hall–Kier alpha value is -0.620. The van der Waals surface area contributed by atoms with Crippen molar-refractivity contribution in [1.82, 2.24) is 5.32 Å². The quantitative estimate of drug-likeness (QED) is 0.910. The third-order valence-corrected chi connectivity index (χ3v) is 3.87. The van der Waals surface area contributed by atoms with Crippen molar-refractivity contribution in [2.45, 2.75) is 12.0 Å². The number of carbonyl (C=O) groups is 1. The van der Waals surface area contributed by atoms with Crippen molar-refractivity contribution in [2.75, 3.05) is 26.9 Å². The van der Waals surface area contributed by atoms with Gasteiger partial charge in [-0.3, -0.25) is 4.79 Å². The molecule has 2 rings (SSSR count). The molecular formula is C13H15BrClNO3.